The highest BCUT2D eigenvalue weighted by Crippen LogP contribution is 2.20. The molecule has 0 unspecified atom stereocenters. The van der Waals surface area contributed by atoms with Crippen molar-refractivity contribution in [1.29, 1.82) is 0 Å². The minimum Gasteiger partial charge on any atom is -0.350 e. The molecule has 0 aromatic carbocycles. The highest BCUT2D eigenvalue weighted by atomic mass is 79.9. The lowest BCUT2D eigenvalue weighted by Gasteiger charge is -2.32. The standard InChI is InChI=1S/C11H17BrN2OS/c1-11(2,14(3)4)7-13-10(15)8-5-9(12)16-6-8/h5-6H,7H2,1-4H3,(H,13,15). The number of hydrogen-bond acceptors (Lipinski definition) is 3. The van der Waals surface area contributed by atoms with Crippen LogP contribution in [0.2, 0.25) is 0 Å². The van der Waals surface area contributed by atoms with E-state index in [0.29, 0.717) is 12.1 Å². The van der Waals surface area contributed by atoms with Gasteiger partial charge in [0, 0.05) is 17.5 Å². The van der Waals surface area contributed by atoms with E-state index in [-0.39, 0.29) is 11.4 Å². The molecule has 0 radical (unpaired) electrons. The number of halogens is 1. The summed E-state index contributed by atoms with van der Waals surface area (Å²) in [4.78, 5) is 13.9. The summed E-state index contributed by atoms with van der Waals surface area (Å²) in [5, 5.41) is 4.79. The normalized spacial score (nSPS) is 11.9. The molecule has 1 aromatic heterocycles. The van der Waals surface area contributed by atoms with Crippen LogP contribution in [0.15, 0.2) is 15.2 Å². The number of nitrogens with zero attached hydrogens (tertiary/aromatic N) is 1. The first-order valence-electron chi connectivity index (χ1n) is 5.02. The molecule has 1 N–H and O–H groups in total. The Morgan fingerprint density at radius 1 is 1.56 bits per heavy atom. The molecule has 3 nitrogen and oxygen atoms in total. The van der Waals surface area contributed by atoms with Gasteiger partial charge in [-0.15, -0.1) is 11.3 Å². The van der Waals surface area contributed by atoms with Crippen LogP contribution in [0, 0.1) is 0 Å². The van der Waals surface area contributed by atoms with E-state index in [1.807, 2.05) is 25.5 Å². The lowest BCUT2D eigenvalue weighted by atomic mass is 10.0. The second-order valence-corrected chi connectivity index (χ2v) is 6.82. The fourth-order valence-electron chi connectivity index (χ4n) is 0.986. The Labute approximate surface area is 109 Å². The number of amides is 1. The number of nitrogens with one attached hydrogen (secondary N) is 1. The van der Waals surface area contributed by atoms with Gasteiger partial charge in [-0.1, -0.05) is 0 Å². The van der Waals surface area contributed by atoms with Crippen LogP contribution >= 0.6 is 27.3 Å². The molecule has 1 heterocycles. The number of likely N-dealkylation sites (N-methyl/N-ethyl adjacent to an activating group) is 1. The maximum absolute atomic E-state index is 11.8. The van der Waals surface area contributed by atoms with Crippen LogP contribution in [0.1, 0.15) is 24.2 Å². The summed E-state index contributed by atoms with van der Waals surface area (Å²) in [5.41, 5.74) is 0.676. The van der Waals surface area contributed by atoms with Gasteiger partial charge >= 0.3 is 0 Å². The van der Waals surface area contributed by atoms with E-state index < -0.39 is 0 Å². The van der Waals surface area contributed by atoms with Gasteiger partial charge in [0.25, 0.3) is 5.91 Å². The van der Waals surface area contributed by atoms with Gasteiger partial charge in [0.05, 0.1) is 9.35 Å². The fraction of sp³-hybridized carbons (Fsp3) is 0.545. The highest BCUT2D eigenvalue weighted by molar-refractivity contribution is 9.11. The van der Waals surface area contributed by atoms with Gasteiger partial charge < -0.3 is 10.2 Å². The van der Waals surface area contributed by atoms with Crippen LogP contribution in [0.3, 0.4) is 0 Å². The topological polar surface area (TPSA) is 32.3 Å². The molecule has 90 valence electrons. The maximum atomic E-state index is 11.8. The molecular weight excluding hydrogens is 288 g/mol. The summed E-state index contributed by atoms with van der Waals surface area (Å²) in [5.74, 6) is -0.0168. The molecule has 0 aliphatic rings. The lowest BCUT2D eigenvalue weighted by molar-refractivity contribution is 0.0920. The van der Waals surface area contributed by atoms with Gasteiger partial charge in [-0.3, -0.25) is 4.79 Å². The SMILES string of the molecule is CN(C)C(C)(C)CNC(=O)c1csc(Br)c1. The molecule has 0 saturated heterocycles. The first-order valence-corrected chi connectivity index (χ1v) is 6.70. The average molecular weight is 305 g/mol. The molecule has 0 saturated carbocycles. The van der Waals surface area contributed by atoms with Crippen molar-refractivity contribution in [2.45, 2.75) is 19.4 Å². The number of rotatable bonds is 4. The summed E-state index contributed by atoms with van der Waals surface area (Å²) in [7, 11) is 4.01. The van der Waals surface area contributed by atoms with E-state index in [9.17, 15) is 4.79 Å². The van der Waals surface area contributed by atoms with E-state index in [1.54, 1.807) is 0 Å². The molecular formula is C11H17BrN2OS. The Morgan fingerprint density at radius 2 is 2.19 bits per heavy atom. The van der Waals surface area contributed by atoms with Gasteiger partial charge in [0.1, 0.15) is 0 Å². The monoisotopic (exact) mass is 304 g/mol. The second-order valence-electron chi connectivity index (χ2n) is 4.53. The lowest BCUT2D eigenvalue weighted by Crippen LogP contribution is -2.48. The molecule has 0 bridgehead atoms. The van der Waals surface area contributed by atoms with Crippen molar-refractivity contribution in [2.24, 2.45) is 0 Å². The summed E-state index contributed by atoms with van der Waals surface area (Å²) in [6, 6.07) is 1.84. The van der Waals surface area contributed by atoms with Gasteiger partial charge in [-0.25, -0.2) is 0 Å². The summed E-state index contributed by atoms with van der Waals surface area (Å²) in [6.07, 6.45) is 0. The fourth-order valence-corrected chi connectivity index (χ4v) is 2.12. The minimum absolute atomic E-state index is 0.0168. The zero-order chi connectivity index (χ0) is 12.3. The summed E-state index contributed by atoms with van der Waals surface area (Å²) < 4.78 is 0.976. The molecule has 0 spiro atoms. The van der Waals surface area contributed by atoms with Gasteiger partial charge in [0.2, 0.25) is 0 Å². The van der Waals surface area contributed by atoms with Gasteiger partial charge in [-0.05, 0) is 49.9 Å². The highest BCUT2D eigenvalue weighted by Gasteiger charge is 2.21. The van der Waals surface area contributed by atoms with E-state index in [4.69, 9.17) is 0 Å². The van der Waals surface area contributed by atoms with Crippen molar-refractivity contribution in [1.82, 2.24) is 10.2 Å². The van der Waals surface area contributed by atoms with Crippen molar-refractivity contribution < 1.29 is 4.79 Å². The Balaban J connectivity index is 2.54. The largest absolute Gasteiger partial charge is 0.350 e. The van der Waals surface area contributed by atoms with Crippen LogP contribution in [0.4, 0.5) is 0 Å². The van der Waals surface area contributed by atoms with Crippen molar-refractivity contribution in [3.8, 4) is 0 Å². The van der Waals surface area contributed by atoms with Gasteiger partial charge in [0.15, 0.2) is 0 Å². The molecule has 1 aromatic rings. The van der Waals surface area contributed by atoms with Crippen LogP contribution in [-0.2, 0) is 0 Å². The summed E-state index contributed by atoms with van der Waals surface area (Å²) >= 11 is 4.86. The maximum Gasteiger partial charge on any atom is 0.252 e. The Morgan fingerprint density at radius 3 is 2.62 bits per heavy atom. The minimum atomic E-state index is -0.0388. The van der Waals surface area contributed by atoms with Crippen LogP contribution < -0.4 is 5.32 Å². The third kappa shape index (κ3) is 3.57. The first kappa shape index (κ1) is 13.7. The Bertz CT molecular complexity index is 374. The second kappa shape index (κ2) is 5.29. The predicted octanol–water partition coefficient (Wildman–Crippen LogP) is 2.58. The molecule has 1 amide bonds. The van der Waals surface area contributed by atoms with Crippen molar-refractivity contribution in [2.75, 3.05) is 20.6 Å². The molecule has 16 heavy (non-hydrogen) atoms. The van der Waals surface area contributed by atoms with E-state index >= 15 is 0 Å². The molecule has 0 fully saturated rings. The molecule has 5 heteroatoms. The van der Waals surface area contributed by atoms with E-state index in [2.05, 4.69) is 40.0 Å². The third-order valence-corrected chi connectivity index (χ3v) is 4.23. The quantitative estimate of drug-likeness (QED) is 0.927. The zero-order valence-electron chi connectivity index (χ0n) is 10.0. The first-order chi connectivity index (χ1) is 7.33. The van der Waals surface area contributed by atoms with Crippen LogP contribution in [0.5, 0.6) is 0 Å². The van der Waals surface area contributed by atoms with Crippen LogP contribution in [0.25, 0.3) is 0 Å². The smallest absolute Gasteiger partial charge is 0.252 e. The van der Waals surface area contributed by atoms with Crippen molar-refractivity contribution in [3.05, 3.63) is 20.8 Å². The average Bonchev–Trinajstić information content (AvgIpc) is 2.61. The van der Waals surface area contributed by atoms with Crippen molar-refractivity contribution >= 4 is 33.2 Å². The number of carbonyl (C=O) groups is 1. The zero-order valence-corrected chi connectivity index (χ0v) is 12.4. The third-order valence-electron chi connectivity index (χ3n) is 2.72. The summed E-state index contributed by atoms with van der Waals surface area (Å²) in [6.45, 7) is 4.82. The van der Waals surface area contributed by atoms with E-state index in [1.165, 1.54) is 11.3 Å². The number of carbonyl (C=O) groups excluding carboxylic acids is 1. The predicted molar refractivity (Wildman–Crippen MR) is 72.1 cm³/mol. The van der Waals surface area contributed by atoms with Crippen molar-refractivity contribution in [3.63, 3.8) is 0 Å². The molecule has 0 aliphatic carbocycles. The Hall–Kier alpha value is -0.390. The Kier molecular flexibility index (Phi) is 4.52. The van der Waals surface area contributed by atoms with Crippen LogP contribution in [-0.4, -0.2) is 37.0 Å². The molecule has 0 aliphatic heterocycles. The number of thiophene rings is 1. The van der Waals surface area contributed by atoms with E-state index in [0.717, 1.165) is 3.79 Å². The molecule has 0 atom stereocenters. The molecule has 1 rings (SSSR count). The number of hydrogen-bond donors (Lipinski definition) is 1. The van der Waals surface area contributed by atoms with Gasteiger partial charge in [-0.2, -0.15) is 0 Å².